The number of hydrogen-bond donors (Lipinski definition) is 0. The maximum atomic E-state index is 12.2. The molecule has 1 aromatic heterocycles. The van der Waals surface area contributed by atoms with E-state index in [9.17, 15) is 9.59 Å². The minimum Gasteiger partial charge on any atom is -0.449 e. The predicted molar refractivity (Wildman–Crippen MR) is 86.3 cm³/mol. The van der Waals surface area contributed by atoms with Gasteiger partial charge in [0.1, 0.15) is 12.7 Å². The lowest BCUT2D eigenvalue weighted by Crippen LogP contribution is -2.38. The number of nitrogens with zero attached hydrogens (tertiary/aromatic N) is 4. The molecular weight excluding hydrogens is 308 g/mol. The van der Waals surface area contributed by atoms with Crippen molar-refractivity contribution in [1.29, 1.82) is 0 Å². The number of rotatable bonds is 5. The van der Waals surface area contributed by atoms with Crippen LogP contribution in [0.2, 0.25) is 0 Å². The van der Waals surface area contributed by atoms with Crippen molar-refractivity contribution in [2.45, 2.75) is 32.4 Å². The highest BCUT2D eigenvalue weighted by Gasteiger charge is 2.26. The maximum absolute atomic E-state index is 12.2. The Balaban J connectivity index is 1.57. The van der Waals surface area contributed by atoms with Gasteiger partial charge in [-0.2, -0.15) is 5.10 Å². The number of carbonyl (C=O) groups excluding carboxylic acids is 2. The van der Waals surface area contributed by atoms with Crippen LogP contribution in [0.3, 0.4) is 0 Å². The van der Waals surface area contributed by atoms with Gasteiger partial charge in [-0.05, 0) is 37.5 Å². The molecule has 2 heterocycles. The van der Waals surface area contributed by atoms with Crippen LogP contribution in [0.25, 0.3) is 0 Å². The summed E-state index contributed by atoms with van der Waals surface area (Å²) in [5.74, 6) is -0.606. The summed E-state index contributed by atoms with van der Waals surface area (Å²) in [6.45, 7) is 3.70. The second-order valence-corrected chi connectivity index (χ2v) is 5.87. The fourth-order valence-corrected chi connectivity index (χ4v) is 2.72. The molecular formula is C17H20N4O3. The van der Waals surface area contributed by atoms with Gasteiger partial charge in [-0.25, -0.2) is 14.5 Å². The normalized spacial score (nSPS) is 15.3. The minimum absolute atomic E-state index is 0.122. The van der Waals surface area contributed by atoms with Crippen molar-refractivity contribution in [3.05, 3.63) is 48.0 Å². The van der Waals surface area contributed by atoms with Crippen molar-refractivity contribution in [3.8, 4) is 0 Å². The average molecular weight is 328 g/mol. The van der Waals surface area contributed by atoms with Crippen LogP contribution >= 0.6 is 0 Å². The lowest BCUT2D eigenvalue weighted by molar-refractivity contribution is -0.138. The van der Waals surface area contributed by atoms with Gasteiger partial charge in [0.25, 0.3) is 5.91 Å². The Morgan fingerprint density at radius 1 is 1.21 bits per heavy atom. The lowest BCUT2D eigenvalue weighted by atomic mass is 10.1. The van der Waals surface area contributed by atoms with E-state index < -0.39 is 12.1 Å². The van der Waals surface area contributed by atoms with Crippen LogP contribution in [0.5, 0.6) is 0 Å². The second kappa shape index (κ2) is 7.25. The van der Waals surface area contributed by atoms with Crippen LogP contribution in [0.1, 0.15) is 35.7 Å². The molecule has 0 bridgehead atoms. The van der Waals surface area contributed by atoms with Crippen molar-refractivity contribution < 1.29 is 14.3 Å². The molecule has 1 saturated heterocycles. The fraction of sp³-hybridized carbons (Fsp3) is 0.412. The van der Waals surface area contributed by atoms with Gasteiger partial charge < -0.3 is 9.64 Å². The van der Waals surface area contributed by atoms with E-state index in [1.807, 2.05) is 12.1 Å². The summed E-state index contributed by atoms with van der Waals surface area (Å²) >= 11 is 0. The van der Waals surface area contributed by atoms with Crippen LogP contribution in [-0.2, 0) is 16.1 Å². The first-order valence-corrected chi connectivity index (χ1v) is 8.04. The monoisotopic (exact) mass is 328 g/mol. The molecule has 1 unspecified atom stereocenters. The molecule has 0 saturated carbocycles. The number of likely N-dealkylation sites (tertiary alicyclic amines) is 1. The molecule has 0 aliphatic carbocycles. The zero-order valence-corrected chi connectivity index (χ0v) is 13.6. The molecule has 0 spiro atoms. The van der Waals surface area contributed by atoms with Crippen LogP contribution in [0.4, 0.5) is 0 Å². The SMILES string of the molecule is CC(OC(=O)c1ccc(Cn2cncn2)cc1)C(=O)N1CCCC1. The molecule has 24 heavy (non-hydrogen) atoms. The maximum Gasteiger partial charge on any atom is 0.338 e. The topological polar surface area (TPSA) is 77.3 Å². The Kier molecular flexibility index (Phi) is 4.88. The van der Waals surface area contributed by atoms with Crippen molar-refractivity contribution in [2.24, 2.45) is 0 Å². The van der Waals surface area contributed by atoms with Crippen molar-refractivity contribution in [3.63, 3.8) is 0 Å². The summed E-state index contributed by atoms with van der Waals surface area (Å²) in [5, 5.41) is 4.04. The van der Waals surface area contributed by atoms with Gasteiger partial charge in [0.15, 0.2) is 6.10 Å². The van der Waals surface area contributed by atoms with Crippen molar-refractivity contribution in [1.82, 2.24) is 19.7 Å². The van der Waals surface area contributed by atoms with E-state index in [0.717, 1.165) is 31.5 Å². The van der Waals surface area contributed by atoms with Crippen LogP contribution < -0.4 is 0 Å². The molecule has 0 N–H and O–H groups in total. The molecule has 7 heteroatoms. The first-order valence-electron chi connectivity index (χ1n) is 8.04. The predicted octanol–water partition coefficient (Wildman–Crippen LogP) is 1.49. The third-order valence-electron chi connectivity index (χ3n) is 4.05. The molecule has 1 aliphatic heterocycles. The zero-order valence-electron chi connectivity index (χ0n) is 13.6. The van der Waals surface area contributed by atoms with Crippen molar-refractivity contribution in [2.75, 3.05) is 13.1 Å². The molecule has 126 valence electrons. The Morgan fingerprint density at radius 3 is 2.54 bits per heavy atom. The molecule has 1 aromatic carbocycles. The minimum atomic E-state index is -0.759. The summed E-state index contributed by atoms with van der Waals surface area (Å²) < 4.78 is 7.00. The smallest absolute Gasteiger partial charge is 0.338 e. The highest BCUT2D eigenvalue weighted by molar-refractivity contribution is 5.92. The highest BCUT2D eigenvalue weighted by Crippen LogP contribution is 2.13. The van der Waals surface area contributed by atoms with E-state index in [1.54, 1.807) is 35.0 Å². The number of aromatic nitrogens is 3. The number of ether oxygens (including phenoxy) is 1. The van der Waals surface area contributed by atoms with E-state index in [0.29, 0.717) is 12.1 Å². The summed E-state index contributed by atoms with van der Waals surface area (Å²) in [4.78, 5) is 30.0. The summed E-state index contributed by atoms with van der Waals surface area (Å²) in [6, 6.07) is 7.07. The van der Waals surface area contributed by atoms with E-state index in [1.165, 1.54) is 6.33 Å². The van der Waals surface area contributed by atoms with E-state index in [4.69, 9.17) is 4.74 Å². The number of amides is 1. The molecule has 1 fully saturated rings. The summed E-state index contributed by atoms with van der Waals surface area (Å²) in [5.41, 5.74) is 1.43. The van der Waals surface area contributed by atoms with E-state index in [-0.39, 0.29) is 5.91 Å². The summed E-state index contributed by atoms with van der Waals surface area (Å²) in [6.07, 6.45) is 4.38. The first kappa shape index (κ1) is 16.2. The zero-order chi connectivity index (χ0) is 16.9. The molecule has 3 rings (SSSR count). The van der Waals surface area contributed by atoms with Gasteiger partial charge in [-0.3, -0.25) is 4.79 Å². The standard InChI is InChI=1S/C17H20N4O3/c1-13(16(22)20-8-2-3-9-20)24-17(23)15-6-4-14(5-7-15)10-21-12-18-11-19-21/h4-7,11-13H,2-3,8-10H2,1H3. The molecule has 0 radical (unpaired) electrons. The lowest BCUT2D eigenvalue weighted by Gasteiger charge is -2.20. The largest absolute Gasteiger partial charge is 0.449 e. The third-order valence-corrected chi connectivity index (χ3v) is 4.05. The Labute approximate surface area is 140 Å². The summed E-state index contributed by atoms with van der Waals surface area (Å²) in [7, 11) is 0. The van der Waals surface area contributed by atoms with Gasteiger partial charge in [-0.15, -0.1) is 0 Å². The Bertz CT molecular complexity index is 691. The van der Waals surface area contributed by atoms with Crippen LogP contribution in [0, 0.1) is 0 Å². The van der Waals surface area contributed by atoms with Gasteiger partial charge in [0.2, 0.25) is 0 Å². The number of benzene rings is 1. The highest BCUT2D eigenvalue weighted by atomic mass is 16.5. The van der Waals surface area contributed by atoms with E-state index >= 15 is 0 Å². The molecule has 1 aliphatic rings. The van der Waals surface area contributed by atoms with Crippen molar-refractivity contribution >= 4 is 11.9 Å². The third kappa shape index (κ3) is 3.79. The quantitative estimate of drug-likeness (QED) is 0.777. The fourth-order valence-electron chi connectivity index (χ4n) is 2.72. The average Bonchev–Trinajstić information content (AvgIpc) is 3.28. The molecule has 7 nitrogen and oxygen atoms in total. The second-order valence-electron chi connectivity index (χ2n) is 5.87. The van der Waals surface area contributed by atoms with Gasteiger partial charge in [-0.1, -0.05) is 12.1 Å². The number of esters is 1. The molecule has 1 amide bonds. The molecule has 2 aromatic rings. The first-order chi connectivity index (χ1) is 11.6. The van der Waals surface area contributed by atoms with Gasteiger partial charge in [0.05, 0.1) is 12.1 Å². The number of carbonyl (C=O) groups is 2. The van der Waals surface area contributed by atoms with Gasteiger partial charge in [0, 0.05) is 13.1 Å². The van der Waals surface area contributed by atoms with Crippen LogP contribution in [-0.4, -0.2) is 50.7 Å². The van der Waals surface area contributed by atoms with Gasteiger partial charge >= 0.3 is 5.97 Å². The molecule has 1 atom stereocenters. The van der Waals surface area contributed by atoms with Crippen LogP contribution in [0.15, 0.2) is 36.9 Å². The number of hydrogen-bond acceptors (Lipinski definition) is 5. The Hall–Kier alpha value is -2.70. The Morgan fingerprint density at radius 2 is 1.92 bits per heavy atom. The van der Waals surface area contributed by atoms with E-state index in [2.05, 4.69) is 10.1 Å².